The first kappa shape index (κ1) is 12.8. The van der Waals surface area contributed by atoms with E-state index in [1.54, 1.807) is 0 Å². The molecule has 1 aromatic carbocycles. The second-order valence-electron chi connectivity index (χ2n) is 5.41. The first-order valence-corrected chi connectivity index (χ1v) is 6.95. The summed E-state index contributed by atoms with van der Waals surface area (Å²) in [7, 11) is 0. The van der Waals surface area contributed by atoms with Gasteiger partial charge >= 0.3 is 5.69 Å². The average molecular weight is 271 g/mol. The number of rotatable bonds is 4. The molecule has 3 rings (SSSR count). The molecule has 0 unspecified atom stereocenters. The monoisotopic (exact) mass is 271 g/mol. The molecule has 0 spiro atoms. The van der Waals surface area contributed by atoms with Gasteiger partial charge in [-0.15, -0.1) is 0 Å². The highest BCUT2D eigenvalue weighted by Gasteiger charge is 2.37. The van der Waals surface area contributed by atoms with Crippen molar-refractivity contribution < 1.29 is 4.92 Å². The molecular weight excluding hydrogens is 254 g/mol. The van der Waals surface area contributed by atoms with Crippen LogP contribution < -0.4 is 5.32 Å². The third-order valence-corrected chi connectivity index (χ3v) is 4.33. The maximum atomic E-state index is 11.3. The Balaban J connectivity index is 2.14. The average Bonchev–Trinajstić information content (AvgIpc) is 2.42. The van der Waals surface area contributed by atoms with Gasteiger partial charge < -0.3 is 5.32 Å². The summed E-state index contributed by atoms with van der Waals surface area (Å²) in [4.78, 5) is 15.1. The first-order chi connectivity index (χ1) is 9.65. The Kier molecular flexibility index (Phi) is 3.04. The summed E-state index contributed by atoms with van der Waals surface area (Å²) < 4.78 is 0. The number of pyridine rings is 1. The maximum absolute atomic E-state index is 11.3. The van der Waals surface area contributed by atoms with Crippen molar-refractivity contribution in [1.82, 2.24) is 4.98 Å². The summed E-state index contributed by atoms with van der Waals surface area (Å²) >= 11 is 0. The van der Waals surface area contributed by atoms with Gasteiger partial charge in [0.15, 0.2) is 0 Å². The zero-order valence-electron chi connectivity index (χ0n) is 11.4. The molecule has 1 aromatic heterocycles. The van der Waals surface area contributed by atoms with Gasteiger partial charge in [0.1, 0.15) is 11.9 Å². The van der Waals surface area contributed by atoms with E-state index >= 15 is 0 Å². The number of hydrogen-bond acceptors (Lipinski definition) is 4. The quantitative estimate of drug-likeness (QED) is 0.676. The number of aromatic nitrogens is 1. The summed E-state index contributed by atoms with van der Waals surface area (Å²) in [6, 6.07) is 7.55. The van der Waals surface area contributed by atoms with Crippen molar-refractivity contribution in [2.45, 2.75) is 38.1 Å². The molecule has 2 aromatic rings. The second kappa shape index (κ2) is 4.74. The highest BCUT2D eigenvalue weighted by atomic mass is 16.6. The van der Waals surface area contributed by atoms with Crippen LogP contribution in [-0.2, 0) is 0 Å². The molecule has 1 heterocycles. The van der Waals surface area contributed by atoms with Gasteiger partial charge in [0, 0.05) is 10.9 Å². The topological polar surface area (TPSA) is 68.1 Å². The number of hydrogen-bond donors (Lipinski definition) is 1. The lowest BCUT2D eigenvalue weighted by atomic mass is 9.74. The van der Waals surface area contributed by atoms with Crippen LogP contribution in [0.2, 0.25) is 0 Å². The highest BCUT2D eigenvalue weighted by Crippen LogP contribution is 2.42. The predicted molar refractivity (Wildman–Crippen MR) is 78.9 cm³/mol. The van der Waals surface area contributed by atoms with Gasteiger partial charge in [-0.05, 0) is 31.7 Å². The Hall–Kier alpha value is -2.17. The zero-order chi connectivity index (χ0) is 14.2. The maximum Gasteiger partial charge on any atom is 0.311 e. The van der Waals surface area contributed by atoms with Gasteiger partial charge in [-0.25, -0.2) is 4.98 Å². The second-order valence-corrected chi connectivity index (χ2v) is 5.41. The first-order valence-electron chi connectivity index (χ1n) is 6.95. The number of benzene rings is 1. The van der Waals surface area contributed by atoms with E-state index in [0.717, 1.165) is 30.2 Å². The van der Waals surface area contributed by atoms with Crippen molar-refractivity contribution in [3.05, 3.63) is 40.6 Å². The number of para-hydroxylation sites is 1. The molecule has 0 atom stereocenters. The van der Waals surface area contributed by atoms with Crippen LogP contribution in [-0.4, -0.2) is 15.4 Å². The molecule has 1 N–H and O–H groups in total. The van der Waals surface area contributed by atoms with Crippen LogP contribution in [0.3, 0.4) is 0 Å². The Morgan fingerprint density at radius 2 is 2.15 bits per heavy atom. The van der Waals surface area contributed by atoms with E-state index in [1.807, 2.05) is 24.3 Å². The summed E-state index contributed by atoms with van der Waals surface area (Å²) in [5.74, 6) is 0. The van der Waals surface area contributed by atoms with Crippen molar-refractivity contribution in [2.24, 2.45) is 0 Å². The molecule has 1 aliphatic carbocycles. The Morgan fingerprint density at radius 1 is 1.40 bits per heavy atom. The summed E-state index contributed by atoms with van der Waals surface area (Å²) in [6.07, 6.45) is 5.64. The van der Waals surface area contributed by atoms with Crippen molar-refractivity contribution in [3.8, 4) is 0 Å². The van der Waals surface area contributed by atoms with Crippen molar-refractivity contribution in [2.75, 3.05) is 5.32 Å². The molecule has 0 radical (unpaired) electrons. The van der Waals surface area contributed by atoms with E-state index in [2.05, 4.69) is 17.2 Å². The standard InChI is InChI=1S/C15H17N3O2/c1-2-15(8-5-9-15)17-14-11-6-3-4-7-12(11)16-10-13(14)18(19)20/h3-4,6-7,10H,2,5,8-9H2,1H3,(H,16,17). The minimum Gasteiger partial charge on any atom is -0.373 e. The molecule has 0 aliphatic heterocycles. The van der Waals surface area contributed by atoms with E-state index in [0.29, 0.717) is 5.69 Å². The van der Waals surface area contributed by atoms with E-state index in [4.69, 9.17) is 0 Å². The molecule has 0 saturated heterocycles. The number of fused-ring (bicyclic) bond motifs is 1. The van der Waals surface area contributed by atoms with Gasteiger partial charge in [0.2, 0.25) is 0 Å². The minimum absolute atomic E-state index is 0.00881. The van der Waals surface area contributed by atoms with Crippen molar-refractivity contribution in [1.29, 1.82) is 0 Å². The molecule has 0 amide bonds. The number of nitrogens with one attached hydrogen (secondary N) is 1. The van der Waals surface area contributed by atoms with Crippen LogP contribution in [0, 0.1) is 10.1 Å². The lowest BCUT2D eigenvalue weighted by molar-refractivity contribution is -0.384. The fraction of sp³-hybridized carbons (Fsp3) is 0.400. The fourth-order valence-electron chi connectivity index (χ4n) is 2.84. The lowest BCUT2D eigenvalue weighted by Crippen LogP contribution is -2.44. The molecule has 5 nitrogen and oxygen atoms in total. The minimum atomic E-state index is -0.357. The normalized spacial score (nSPS) is 16.6. The summed E-state index contributed by atoms with van der Waals surface area (Å²) in [5, 5.41) is 15.5. The molecule has 20 heavy (non-hydrogen) atoms. The van der Waals surface area contributed by atoms with Crippen LogP contribution in [0.1, 0.15) is 32.6 Å². The Bertz CT molecular complexity index is 660. The molecule has 1 fully saturated rings. The lowest BCUT2D eigenvalue weighted by Gasteiger charge is -2.42. The van der Waals surface area contributed by atoms with Gasteiger partial charge in [-0.3, -0.25) is 10.1 Å². The number of nitro groups is 1. The van der Waals surface area contributed by atoms with Crippen LogP contribution in [0.25, 0.3) is 10.9 Å². The summed E-state index contributed by atoms with van der Waals surface area (Å²) in [6.45, 7) is 2.13. The predicted octanol–water partition coefficient (Wildman–Crippen LogP) is 3.89. The fourth-order valence-corrected chi connectivity index (χ4v) is 2.84. The number of nitrogens with zero attached hydrogens (tertiary/aromatic N) is 2. The van der Waals surface area contributed by atoms with Crippen LogP contribution >= 0.6 is 0 Å². The molecular formula is C15H17N3O2. The Labute approximate surface area is 117 Å². The zero-order valence-corrected chi connectivity index (χ0v) is 11.4. The summed E-state index contributed by atoms with van der Waals surface area (Å²) in [5.41, 5.74) is 1.46. The van der Waals surface area contributed by atoms with Crippen LogP contribution in [0.5, 0.6) is 0 Å². The van der Waals surface area contributed by atoms with Gasteiger partial charge in [-0.1, -0.05) is 25.1 Å². The molecule has 1 aliphatic rings. The van der Waals surface area contributed by atoms with Crippen LogP contribution in [0.4, 0.5) is 11.4 Å². The van der Waals surface area contributed by atoms with Crippen molar-refractivity contribution >= 4 is 22.3 Å². The Morgan fingerprint density at radius 3 is 2.75 bits per heavy atom. The van der Waals surface area contributed by atoms with Gasteiger partial charge in [0.05, 0.1) is 10.4 Å². The largest absolute Gasteiger partial charge is 0.373 e. The van der Waals surface area contributed by atoms with Gasteiger partial charge in [-0.2, -0.15) is 0 Å². The SMILES string of the molecule is CCC1(Nc2c([N+](=O)[O-])cnc3ccccc23)CCC1. The highest BCUT2D eigenvalue weighted by molar-refractivity contribution is 5.96. The van der Waals surface area contributed by atoms with E-state index in [9.17, 15) is 10.1 Å². The molecule has 104 valence electrons. The molecule has 1 saturated carbocycles. The smallest absolute Gasteiger partial charge is 0.311 e. The third kappa shape index (κ3) is 1.99. The number of anilines is 1. The molecule has 0 bridgehead atoms. The van der Waals surface area contributed by atoms with E-state index < -0.39 is 0 Å². The van der Waals surface area contributed by atoms with Crippen molar-refractivity contribution in [3.63, 3.8) is 0 Å². The molecule has 5 heteroatoms. The van der Waals surface area contributed by atoms with E-state index in [1.165, 1.54) is 12.6 Å². The third-order valence-electron chi connectivity index (χ3n) is 4.33. The van der Waals surface area contributed by atoms with Gasteiger partial charge in [0.25, 0.3) is 0 Å². The van der Waals surface area contributed by atoms with Crippen LogP contribution in [0.15, 0.2) is 30.5 Å². The van der Waals surface area contributed by atoms with E-state index in [-0.39, 0.29) is 16.1 Å².